The summed E-state index contributed by atoms with van der Waals surface area (Å²) in [5.74, 6) is -0.0730. The molecule has 0 saturated heterocycles. The van der Waals surface area contributed by atoms with Gasteiger partial charge in [-0.25, -0.2) is 0 Å². The van der Waals surface area contributed by atoms with Crippen molar-refractivity contribution in [2.45, 2.75) is 0 Å². The fourth-order valence-corrected chi connectivity index (χ4v) is 0.773. The number of carbonyl (C=O) groups is 1. The maximum Gasteiger partial charge on any atom is 0.271 e. The summed E-state index contributed by atoms with van der Waals surface area (Å²) in [5, 5.41) is 2.52. The monoisotopic (exact) mass is 182 g/mol. The van der Waals surface area contributed by atoms with Gasteiger partial charge in [0, 0.05) is 7.05 Å². The Labute approximate surface area is 77.8 Å². The summed E-state index contributed by atoms with van der Waals surface area (Å²) in [4.78, 5) is 10.8. The molecule has 0 heterocycles. The lowest BCUT2D eigenvalue weighted by atomic mass is 9.69. The van der Waals surface area contributed by atoms with Crippen LogP contribution in [0.25, 0.3) is 0 Å². The lowest BCUT2D eigenvalue weighted by molar-refractivity contribution is 0.261. The van der Waals surface area contributed by atoms with Crippen molar-refractivity contribution in [3.05, 3.63) is 30.3 Å². The molecule has 1 rings (SSSR count). The molecule has 1 amide bonds. The number of hydrogen-bond donors (Lipinski definition) is 1. The van der Waals surface area contributed by atoms with E-state index in [-0.39, 0.29) is 16.8 Å². The molecule has 0 aliphatic heterocycles. The van der Waals surface area contributed by atoms with Crippen molar-refractivity contribution < 1.29 is 15.7 Å². The highest BCUT2D eigenvalue weighted by molar-refractivity contribution is 6.83. The van der Waals surface area contributed by atoms with E-state index in [2.05, 4.69) is 5.32 Å². The molecular formula is C8H13BNO3. The zero-order chi connectivity index (χ0) is 8.10. The van der Waals surface area contributed by atoms with Crippen LogP contribution in [-0.2, 0) is 0 Å². The summed E-state index contributed by atoms with van der Waals surface area (Å²) in [5.41, 5.74) is 0.923. The van der Waals surface area contributed by atoms with E-state index in [9.17, 15) is 4.79 Å². The molecule has 0 unspecified atom stereocenters. The van der Waals surface area contributed by atoms with Crippen molar-refractivity contribution in [2.24, 2.45) is 0 Å². The van der Waals surface area contributed by atoms with Crippen LogP contribution in [0, 0.1) is 0 Å². The van der Waals surface area contributed by atoms with Crippen LogP contribution in [0.15, 0.2) is 30.3 Å². The number of amides is 1. The molecule has 0 bridgehead atoms. The minimum Gasteiger partial charge on any atom is -0.412 e. The molecule has 5 heteroatoms. The van der Waals surface area contributed by atoms with E-state index >= 15 is 0 Å². The number of rotatable bonds is 2. The fraction of sp³-hybridized carbons (Fsp3) is 0.125. The Hall–Kier alpha value is -1.33. The van der Waals surface area contributed by atoms with Crippen LogP contribution in [0.1, 0.15) is 0 Å². The van der Waals surface area contributed by atoms with Gasteiger partial charge in [-0.15, -0.1) is 0 Å². The third-order valence-electron chi connectivity index (χ3n) is 1.34. The van der Waals surface area contributed by atoms with Gasteiger partial charge in [-0.1, -0.05) is 35.8 Å². The number of benzene rings is 1. The van der Waals surface area contributed by atoms with Gasteiger partial charge in [-0.2, -0.15) is 0 Å². The Morgan fingerprint density at radius 2 is 1.77 bits per heavy atom. The Kier molecular flexibility index (Phi) is 8.01. The van der Waals surface area contributed by atoms with Gasteiger partial charge in [-0.05, 0) is 0 Å². The van der Waals surface area contributed by atoms with Gasteiger partial charge in [0.05, 0.1) is 0 Å². The van der Waals surface area contributed by atoms with E-state index in [1.165, 1.54) is 0 Å². The Morgan fingerprint density at radius 3 is 2.23 bits per heavy atom. The molecule has 1 aromatic carbocycles. The molecule has 1 radical (unpaired) electrons. The van der Waals surface area contributed by atoms with Gasteiger partial charge < -0.3 is 16.3 Å². The van der Waals surface area contributed by atoms with Gasteiger partial charge in [0.15, 0.2) is 5.81 Å². The van der Waals surface area contributed by atoms with Gasteiger partial charge in [0.25, 0.3) is 7.28 Å². The fourth-order valence-electron chi connectivity index (χ4n) is 0.773. The predicted molar refractivity (Wildman–Crippen MR) is 53.5 cm³/mol. The molecule has 0 atom stereocenters. The zero-order valence-corrected chi connectivity index (χ0v) is 7.37. The van der Waals surface area contributed by atoms with Gasteiger partial charge in [-0.3, -0.25) is 4.79 Å². The van der Waals surface area contributed by atoms with Crippen molar-refractivity contribution in [2.75, 3.05) is 7.05 Å². The van der Waals surface area contributed by atoms with Crippen LogP contribution in [0.2, 0.25) is 0 Å². The maximum absolute atomic E-state index is 10.8. The van der Waals surface area contributed by atoms with Crippen molar-refractivity contribution in [1.82, 2.24) is 5.32 Å². The minimum atomic E-state index is -0.0730. The lowest BCUT2D eigenvalue weighted by Crippen LogP contribution is -2.31. The van der Waals surface area contributed by atoms with Crippen molar-refractivity contribution in [3.8, 4) is 0 Å². The molecule has 0 saturated carbocycles. The number of hydrogen-bond acceptors (Lipinski definition) is 1. The highest BCUT2D eigenvalue weighted by atomic mass is 16.1. The third-order valence-corrected chi connectivity index (χ3v) is 1.34. The molecule has 0 spiro atoms. The molecule has 5 N–H and O–H groups in total. The molecule has 71 valence electrons. The first-order valence-electron chi connectivity index (χ1n) is 3.44. The van der Waals surface area contributed by atoms with E-state index in [4.69, 9.17) is 0 Å². The Morgan fingerprint density at radius 1 is 1.23 bits per heavy atom. The number of carbonyl (C=O) groups excluding carboxylic acids is 1. The largest absolute Gasteiger partial charge is 0.412 e. The van der Waals surface area contributed by atoms with Crippen LogP contribution in [-0.4, -0.2) is 31.1 Å². The quantitative estimate of drug-likeness (QED) is 0.566. The predicted octanol–water partition coefficient (Wildman–Crippen LogP) is -1.29. The van der Waals surface area contributed by atoms with Crippen molar-refractivity contribution in [3.63, 3.8) is 0 Å². The van der Waals surface area contributed by atoms with E-state index in [0.29, 0.717) is 0 Å². The van der Waals surface area contributed by atoms with Crippen molar-refractivity contribution >= 4 is 18.5 Å². The Bertz CT molecular complexity index is 240. The first-order chi connectivity index (χ1) is 5.33. The molecular weight excluding hydrogens is 169 g/mol. The highest BCUT2D eigenvalue weighted by Crippen LogP contribution is 1.80. The standard InChI is InChI=1S/C8H9BNO.2H2O/c1-10-8(11)9-7-5-3-2-4-6-7;;/h2-6H,1H3,(H,10,11);2*1H2. The zero-order valence-electron chi connectivity index (χ0n) is 7.37. The molecule has 0 aromatic heterocycles. The van der Waals surface area contributed by atoms with Crippen LogP contribution in [0.5, 0.6) is 0 Å². The summed E-state index contributed by atoms with van der Waals surface area (Å²) in [6, 6.07) is 9.48. The van der Waals surface area contributed by atoms with Crippen LogP contribution < -0.4 is 10.8 Å². The molecule has 0 aliphatic rings. The topological polar surface area (TPSA) is 92.1 Å². The van der Waals surface area contributed by atoms with Crippen LogP contribution >= 0.6 is 0 Å². The summed E-state index contributed by atoms with van der Waals surface area (Å²) >= 11 is 0. The second-order valence-electron chi connectivity index (χ2n) is 2.17. The SMILES string of the molecule is CNC(=O)[B]c1ccccc1.O.O. The van der Waals surface area contributed by atoms with E-state index in [1.54, 1.807) is 14.3 Å². The summed E-state index contributed by atoms with van der Waals surface area (Å²) in [6.45, 7) is 0. The molecule has 1 aromatic rings. The summed E-state index contributed by atoms with van der Waals surface area (Å²) in [7, 11) is 3.17. The Balaban J connectivity index is 0. The minimum absolute atomic E-state index is 0. The lowest BCUT2D eigenvalue weighted by Gasteiger charge is -1.96. The van der Waals surface area contributed by atoms with Crippen LogP contribution in [0.4, 0.5) is 4.79 Å². The first-order valence-corrected chi connectivity index (χ1v) is 3.44. The van der Waals surface area contributed by atoms with Gasteiger partial charge in [0.2, 0.25) is 0 Å². The van der Waals surface area contributed by atoms with Gasteiger partial charge >= 0.3 is 0 Å². The summed E-state index contributed by atoms with van der Waals surface area (Å²) < 4.78 is 0. The average Bonchev–Trinajstić information content (AvgIpc) is 2.06. The second kappa shape index (κ2) is 7.33. The number of nitrogens with one attached hydrogen (secondary N) is 1. The van der Waals surface area contributed by atoms with E-state index < -0.39 is 0 Å². The van der Waals surface area contributed by atoms with Crippen molar-refractivity contribution in [1.29, 1.82) is 0 Å². The van der Waals surface area contributed by atoms with E-state index in [0.717, 1.165) is 5.46 Å². The third kappa shape index (κ3) is 5.00. The smallest absolute Gasteiger partial charge is 0.271 e. The molecule has 0 fully saturated rings. The summed E-state index contributed by atoms with van der Waals surface area (Å²) in [6.07, 6.45) is 0. The molecule has 4 nitrogen and oxygen atoms in total. The average molecular weight is 182 g/mol. The maximum atomic E-state index is 10.8. The molecule has 0 aliphatic carbocycles. The normalized spacial score (nSPS) is 7.46. The molecule has 13 heavy (non-hydrogen) atoms. The first kappa shape index (κ1) is 14.2. The van der Waals surface area contributed by atoms with Crippen LogP contribution in [0.3, 0.4) is 0 Å². The van der Waals surface area contributed by atoms with E-state index in [1.807, 2.05) is 30.3 Å². The second-order valence-corrected chi connectivity index (χ2v) is 2.17. The van der Waals surface area contributed by atoms with Gasteiger partial charge in [0.1, 0.15) is 0 Å². The highest BCUT2D eigenvalue weighted by Gasteiger charge is 2.01.